The fourth-order valence-electron chi connectivity index (χ4n) is 1.77. The molecule has 1 N–H and O–H groups in total. The van der Waals surface area contributed by atoms with E-state index in [1.807, 2.05) is 0 Å². The average Bonchev–Trinajstić information content (AvgIpc) is 2.67. The molecule has 1 saturated carbocycles. The highest BCUT2D eigenvalue weighted by Crippen LogP contribution is 2.47. The molecule has 2 amide bonds. The van der Waals surface area contributed by atoms with Gasteiger partial charge in [-0.05, 0) is 6.42 Å². The van der Waals surface area contributed by atoms with E-state index in [1.54, 1.807) is 6.20 Å². The Morgan fingerprint density at radius 2 is 2.08 bits per heavy atom. The Morgan fingerprint density at radius 3 is 2.62 bits per heavy atom. The minimum atomic E-state index is -0.107. The lowest BCUT2D eigenvalue weighted by Gasteiger charge is -2.11. The summed E-state index contributed by atoms with van der Waals surface area (Å²) in [5.74, 6) is 0.0206. The van der Waals surface area contributed by atoms with Gasteiger partial charge in [-0.3, -0.25) is 9.59 Å². The van der Waals surface area contributed by atoms with Crippen molar-refractivity contribution in [2.24, 2.45) is 11.8 Å². The van der Waals surface area contributed by atoms with E-state index >= 15 is 0 Å². The van der Waals surface area contributed by atoms with Gasteiger partial charge in [-0.25, -0.2) is 9.88 Å². The number of hydrogen-bond donors (Lipinski definition) is 1. The smallest absolute Gasteiger partial charge is 0.240 e. The van der Waals surface area contributed by atoms with E-state index in [0.29, 0.717) is 5.95 Å². The monoisotopic (exact) mass is 177 g/mol. The summed E-state index contributed by atoms with van der Waals surface area (Å²) in [5, 5.41) is 0. The van der Waals surface area contributed by atoms with Gasteiger partial charge < -0.3 is 4.98 Å². The topological polar surface area (TPSA) is 66.1 Å². The van der Waals surface area contributed by atoms with Crippen LogP contribution in [0, 0.1) is 11.8 Å². The number of nitrogens with one attached hydrogen (secondary N) is 1. The fraction of sp³-hybridized carbons (Fsp3) is 0.375. The summed E-state index contributed by atoms with van der Waals surface area (Å²) in [6, 6.07) is 0. The number of carbonyl (C=O) groups excluding carboxylic acids is 2. The van der Waals surface area contributed by atoms with Gasteiger partial charge in [-0.2, -0.15) is 0 Å². The number of carbonyl (C=O) groups is 2. The quantitative estimate of drug-likeness (QED) is 0.610. The van der Waals surface area contributed by atoms with Crippen molar-refractivity contribution in [2.75, 3.05) is 4.90 Å². The standard InChI is InChI=1S/C8H7N3O2/c12-6-4-3-5(4)7(13)11(6)8-9-1-2-10-8/h1-2,4-5H,3H2,(H,9,10). The van der Waals surface area contributed by atoms with Gasteiger partial charge in [0.05, 0.1) is 11.8 Å². The first-order valence-corrected chi connectivity index (χ1v) is 4.16. The van der Waals surface area contributed by atoms with Crippen LogP contribution in [-0.4, -0.2) is 21.8 Å². The van der Waals surface area contributed by atoms with Crippen LogP contribution in [0.3, 0.4) is 0 Å². The summed E-state index contributed by atoms with van der Waals surface area (Å²) in [6.07, 6.45) is 3.86. The zero-order valence-corrected chi connectivity index (χ0v) is 6.73. The van der Waals surface area contributed by atoms with Crippen LogP contribution < -0.4 is 4.90 Å². The van der Waals surface area contributed by atoms with E-state index in [-0.39, 0.29) is 23.7 Å². The number of rotatable bonds is 1. The predicted molar refractivity (Wildman–Crippen MR) is 42.7 cm³/mol. The van der Waals surface area contributed by atoms with Crippen molar-refractivity contribution in [1.82, 2.24) is 9.97 Å². The number of imidazole rings is 1. The molecule has 0 bridgehead atoms. The van der Waals surface area contributed by atoms with Crippen molar-refractivity contribution >= 4 is 17.8 Å². The summed E-state index contributed by atoms with van der Waals surface area (Å²) in [6.45, 7) is 0. The molecule has 1 aromatic heterocycles. The van der Waals surface area contributed by atoms with Crippen LogP contribution in [0.5, 0.6) is 0 Å². The second-order valence-corrected chi connectivity index (χ2v) is 3.37. The molecule has 2 fully saturated rings. The second-order valence-electron chi connectivity index (χ2n) is 3.37. The first-order valence-electron chi connectivity index (χ1n) is 4.16. The lowest BCUT2D eigenvalue weighted by Crippen LogP contribution is -2.33. The van der Waals surface area contributed by atoms with Crippen LogP contribution in [0.25, 0.3) is 0 Å². The molecule has 1 aliphatic heterocycles. The molecule has 0 radical (unpaired) electrons. The maximum absolute atomic E-state index is 11.5. The lowest BCUT2D eigenvalue weighted by molar-refractivity contribution is -0.123. The van der Waals surface area contributed by atoms with Gasteiger partial charge in [0.15, 0.2) is 0 Å². The first kappa shape index (κ1) is 6.82. The van der Waals surface area contributed by atoms with Crippen LogP contribution >= 0.6 is 0 Å². The Kier molecular flexibility index (Phi) is 1.04. The number of amides is 2. The third-order valence-corrected chi connectivity index (χ3v) is 2.56. The van der Waals surface area contributed by atoms with Crippen LogP contribution in [0.2, 0.25) is 0 Å². The third-order valence-electron chi connectivity index (χ3n) is 2.56. The molecule has 2 aliphatic rings. The molecule has 0 spiro atoms. The number of anilines is 1. The summed E-state index contributed by atoms with van der Waals surface area (Å²) < 4.78 is 0. The highest BCUT2D eigenvalue weighted by molar-refractivity contribution is 6.23. The number of imide groups is 1. The molecule has 5 nitrogen and oxygen atoms in total. The minimum Gasteiger partial charge on any atom is -0.330 e. The highest BCUT2D eigenvalue weighted by atomic mass is 16.2. The number of aromatic nitrogens is 2. The van der Waals surface area contributed by atoms with E-state index in [4.69, 9.17) is 0 Å². The SMILES string of the molecule is O=C1C2CC2C(=O)N1c1ncc[nH]1. The Balaban J connectivity index is 2.01. The fourth-order valence-corrected chi connectivity index (χ4v) is 1.77. The number of H-pyrrole nitrogens is 1. The normalized spacial score (nSPS) is 30.9. The Morgan fingerprint density at radius 1 is 1.38 bits per heavy atom. The molecule has 1 aromatic rings. The minimum absolute atomic E-state index is 0.0578. The second kappa shape index (κ2) is 1.99. The van der Waals surface area contributed by atoms with Crippen LogP contribution in [0.4, 0.5) is 5.95 Å². The van der Waals surface area contributed by atoms with Crippen molar-refractivity contribution in [2.45, 2.75) is 6.42 Å². The lowest BCUT2D eigenvalue weighted by atomic mass is 10.4. The first-order chi connectivity index (χ1) is 6.29. The number of nitrogens with zero attached hydrogens (tertiary/aromatic N) is 2. The summed E-state index contributed by atoms with van der Waals surface area (Å²) in [5.41, 5.74) is 0. The van der Waals surface area contributed by atoms with E-state index < -0.39 is 0 Å². The Bertz CT molecular complexity index is 364. The van der Waals surface area contributed by atoms with Crippen molar-refractivity contribution in [3.8, 4) is 0 Å². The largest absolute Gasteiger partial charge is 0.330 e. The van der Waals surface area contributed by atoms with Crippen molar-refractivity contribution in [3.05, 3.63) is 12.4 Å². The number of hydrogen-bond acceptors (Lipinski definition) is 3. The van der Waals surface area contributed by atoms with Crippen LogP contribution in [0.1, 0.15) is 6.42 Å². The summed E-state index contributed by atoms with van der Waals surface area (Å²) in [4.78, 5) is 30.8. The number of aromatic amines is 1. The van der Waals surface area contributed by atoms with E-state index in [2.05, 4.69) is 9.97 Å². The molecular formula is C8H7N3O2. The number of fused-ring (bicyclic) bond motifs is 1. The van der Waals surface area contributed by atoms with Gasteiger partial charge in [0.25, 0.3) is 0 Å². The molecule has 3 rings (SSSR count). The van der Waals surface area contributed by atoms with Gasteiger partial charge in [0.2, 0.25) is 17.8 Å². The maximum atomic E-state index is 11.5. The zero-order valence-electron chi connectivity index (χ0n) is 6.73. The average molecular weight is 177 g/mol. The molecular weight excluding hydrogens is 170 g/mol. The molecule has 2 atom stereocenters. The van der Waals surface area contributed by atoms with E-state index in [0.717, 1.165) is 11.3 Å². The van der Waals surface area contributed by atoms with Gasteiger partial charge in [0.1, 0.15) is 0 Å². The van der Waals surface area contributed by atoms with Crippen LogP contribution in [-0.2, 0) is 9.59 Å². The van der Waals surface area contributed by atoms with Crippen molar-refractivity contribution < 1.29 is 9.59 Å². The van der Waals surface area contributed by atoms with Gasteiger partial charge >= 0.3 is 0 Å². The number of piperidine rings is 1. The molecule has 1 saturated heterocycles. The third kappa shape index (κ3) is 0.734. The molecule has 0 aromatic carbocycles. The van der Waals surface area contributed by atoms with E-state index in [1.165, 1.54) is 6.20 Å². The highest BCUT2D eigenvalue weighted by Gasteiger charge is 2.59. The molecule has 13 heavy (non-hydrogen) atoms. The predicted octanol–water partition coefficient (Wildman–Crippen LogP) is -0.0810. The molecule has 2 unspecified atom stereocenters. The molecule has 1 aliphatic carbocycles. The van der Waals surface area contributed by atoms with Crippen LogP contribution in [0.15, 0.2) is 12.4 Å². The summed E-state index contributed by atoms with van der Waals surface area (Å²) >= 11 is 0. The summed E-state index contributed by atoms with van der Waals surface area (Å²) in [7, 11) is 0. The van der Waals surface area contributed by atoms with Crippen molar-refractivity contribution in [1.29, 1.82) is 0 Å². The van der Waals surface area contributed by atoms with Crippen molar-refractivity contribution in [3.63, 3.8) is 0 Å². The molecule has 5 heteroatoms. The Labute approximate surface area is 73.8 Å². The van der Waals surface area contributed by atoms with Gasteiger partial charge in [-0.1, -0.05) is 0 Å². The molecule has 66 valence electrons. The zero-order chi connectivity index (χ0) is 9.00. The van der Waals surface area contributed by atoms with E-state index in [9.17, 15) is 9.59 Å². The van der Waals surface area contributed by atoms with Gasteiger partial charge in [-0.15, -0.1) is 0 Å². The van der Waals surface area contributed by atoms with Gasteiger partial charge in [0, 0.05) is 12.4 Å². The molecule has 2 heterocycles. The maximum Gasteiger partial charge on any atom is 0.240 e. The Hall–Kier alpha value is -1.65.